The van der Waals surface area contributed by atoms with Gasteiger partial charge in [0.1, 0.15) is 5.69 Å². The lowest BCUT2D eigenvalue weighted by Crippen LogP contribution is -2.50. The van der Waals surface area contributed by atoms with E-state index in [1.807, 2.05) is 24.3 Å². The van der Waals surface area contributed by atoms with E-state index in [0.717, 1.165) is 28.9 Å². The molecule has 132 valence electrons. The fourth-order valence-electron chi connectivity index (χ4n) is 2.68. The molecule has 2 amide bonds. The summed E-state index contributed by atoms with van der Waals surface area (Å²) in [7, 11) is 0. The molecule has 0 spiro atoms. The Balaban J connectivity index is 1.35. The first-order valence-electron chi connectivity index (χ1n) is 8.25. The van der Waals surface area contributed by atoms with Gasteiger partial charge in [-0.25, -0.2) is 4.79 Å². The highest BCUT2D eigenvalue weighted by molar-refractivity contribution is 7.18. The Hall–Kier alpha value is -3.07. The van der Waals surface area contributed by atoms with Gasteiger partial charge in [-0.3, -0.25) is 9.97 Å². The fraction of sp³-hybridized carbons (Fsp3) is 0.235. The first-order chi connectivity index (χ1) is 12.8. The molecule has 1 aliphatic heterocycles. The number of carbonyl (C=O) groups is 1. The van der Waals surface area contributed by atoms with Crippen molar-refractivity contribution in [3.05, 3.63) is 48.9 Å². The molecule has 0 radical (unpaired) electrons. The first kappa shape index (κ1) is 16.4. The summed E-state index contributed by atoms with van der Waals surface area (Å²) in [5.74, 6) is 0. The van der Waals surface area contributed by atoms with Gasteiger partial charge in [-0.1, -0.05) is 17.4 Å². The molecular weight excluding hydrogens is 350 g/mol. The van der Waals surface area contributed by atoms with Gasteiger partial charge in [-0.2, -0.15) is 0 Å². The Labute approximate surface area is 154 Å². The molecule has 3 aromatic rings. The Morgan fingerprint density at radius 2 is 1.92 bits per heavy atom. The normalized spacial score (nSPS) is 14.3. The molecular formula is C17H17N7OS. The highest BCUT2D eigenvalue weighted by Gasteiger charge is 2.23. The molecule has 8 nitrogen and oxygen atoms in total. The van der Waals surface area contributed by atoms with Crippen LogP contribution < -0.4 is 10.2 Å². The van der Waals surface area contributed by atoms with E-state index >= 15 is 0 Å². The average Bonchev–Trinajstić information content (AvgIpc) is 3.20. The number of hydrogen-bond acceptors (Lipinski definition) is 7. The van der Waals surface area contributed by atoms with E-state index in [4.69, 9.17) is 0 Å². The Bertz CT molecular complexity index is 863. The maximum atomic E-state index is 12.3. The smallest absolute Gasteiger partial charge is 0.322 e. The van der Waals surface area contributed by atoms with Crippen LogP contribution in [0.15, 0.2) is 48.9 Å². The van der Waals surface area contributed by atoms with Crippen molar-refractivity contribution in [3.8, 4) is 10.7 Å². The van der Waals surface area contributed by atoms with Gasteiger partial charge in [-0.05, 0) is 24.3 Å². The number of nitrogens with one attached hydrogen (secondary N) is 1. The molecule has 1 fully saturated rings. The second-order valence-corrected chi connectivity index (χ2v) is 6.71. The molecule has 4 heterocycles. The van der Waals surface area contributed by atoms with Crippen molar-refractivity contribution in [2.75, 3.05) is 36.4 Å². The minimum Gasteiger partial charge on any atom is -0.343 e. The Morgan fingerprint density at radius 3 is 2.65 bits per heavy atom. The molecule has 0 bridgehead atoms. The van der Waals surface area contributed by atoms with E-state index in [1.54, 1.807) is 29.6 Å². The third kappa shape index (κ3) is 3.62. The quantitative estimate of drug-likeness (QED) is 0.765. The summed E-state index contributed by atoms with van der Waals surface area (Å²) in [5.41, 5.74) is 1.52. The zero-order valence-corrected chi connectivity index (χ0v) is 14.8. The molecule has 0 aliphatic carbocycles. The molecule has 1 N–H and O–H groups in total. The summed E-state index contributed by atoms with van der Waals surface area (Å²) in [6, 6.07) is 9.24. The number of piperazine rings is 1. The Morgan fingerprint density at radius 1 is 1.04 bits per heavy atom. The van der Waals surface area contributed by atoms with Crippen molar-refractivity contribution in [2.24, 2.45) is 0 Å². The maximum absolute atomic E-state index is 12.3. The molecule has 4 rings (SSSR count). The van der Waals surface area contributed by atoms with Crippen LogP contribution in [-0.4, -0.2) is 57.3 Å². The summed E-state index contributed by atoms with van der Waals surface area (Å²) in [5, 5.41) is 13.0. The number of nitrogens with zero attached hydrogens (tertiary/aromatic N) is 6. The minimum absolute atomic E-state index is 0.107. The number of urea groups is 1. The van der Waals surface area contributed by atoms with Crippen LogP contribution in [0.2, 0.25) is 0 Å². The van der Waals surface area contributed by atoms with Gasteiger partial charge in [0.15, 0.2) is 5.01 Å². The molecule has 3 aromatic heterocycles. The first-order valence-corrected chi connectivity index (χ1v) is 9.07. The standard InChI is InChI=1S/C17H17N7OS/c25-16(20-13-4-3-6-18-12-13)23-8-10-24(11-9-23)17-22-21-15(26-17)14-5-1-2-7-19-14/h1-7,12H,8-11H2,(H,20,25). The van der Waals surface area contributed by atoms with Crippen molar-refractivity contribution in [2.45, 2.75) is 0 Å². The molecule has 0 unspecified atom stereocenters. The number of amides is 2. The summed E-state index contributed by atoms with van der Waals surface area (Å²) >= 11 is 1.52. The summed E-state index contributed by atoms with van der Waals surface area (Å²) in [6.45, 7) is 2.70. The highest BCUT2D eigenvalue weighted by Crippen LogP contribution is 2.27. The number of rotatable bonds is 3. The number of pyridine rings is 2. The van der Waals surface area contributed by atoms with Crippen LogP contribution in [0.3, 0.4) is 0 Å². The maximum Gasteiger partial charge on any atom is 0.322 e. The van der Waals surface area contributed by atoms with E-state index < -0.39 is 0 Å². The van der Waals surface area contributed by atoms with Crippen molar-refractivity contribution < 1.29 is 4.79 Å². The number of carbonyl (C=O) groups excluding carboxylic acids is 1. The van der Waals surface area contributed by atoms with Gasteiger partial charge in [-0.15, -0.1) is 10.2 Å². The van der Waals surface area contributed by atoms with Crippen molar-refractivity contribution in [1.82, 2.24) is 25.1 Å². The molecule has 1 aliphatic rings. The second kappa shape index (κ2) is 7.44. The van der Waals surface area contributed by atoms with Gasteiger partial charge in [0, 0.05) is 38.6 Å². The van der Waals surface area contributed by atoms with E-state index in [0.29, 0.717) is 18.8 Å². The lowest BCUT2D eigenvalue weighted by atomic mass is 10.3. The predicted molar refractivity (Wildman–Crippen MR) is 100 cm³/mol. The summed E-state index contributed by atoms with van der Waals surface area (Å²) in [4.78, 5) is 24.6. The van der Waals surface area contributed by atoms with Gasteiger partial charge in [0.2, 0.25) is 5.13 Å². The topological polar surface area (TPSA) is 87.1 Å². The predicted octanol–water partition coefficient (Wildman–Crippen LogP) is 2.35. The summed E-state index contributed by atoms with van der Waals surface area (Å²) < 4.78 is 0. The van der Waals surface area contributed by atoms with Gasteiger partial charge >= 0.3 is 6.03 Å². The zero-order valence-electron chi connectivity index (χ0n) is 13.9. The average molecular weight is 367 g/mol. The van der Waals surface area contributed by atoms with Crippen LogP contribution in [0.25, 0.3) is 10.7 Å². The molecule has 1 saturated heterocycles. The van der Waals surface area contributed by atoms with Crippen LogP contribution in [-0.2, 0) is 0 Å². The molecule has 0 saturated carbocycles. The second-order valence-electron chi connectivity index (χ2n) is 5.75. The van der Waals surface area contributed by atoms with Crippen LogP contribution in [0.1, 0.15) is 0 Å². The third-order valence-corrected chi connectivity index (χ3v) is 5.06. The Kier molecular flexibility index (Phi) is 4.69. The fourth-order valence-corrected chi connectivity index (χ4v) is 3.55. The van der Waals surface area contributed by atoms with Crippen LogP contribution in [0.5, 0.6) is 0 Å². The van der Waals surface area contributed by atoms with Crippen LogP contribution >= 0.6 is 11.3 Å². The molecule has 9 heteroatoms. The monoisotopic (exact) mass is 367 g/mol. The third-order valence-electron chi connectivity index (χ3n) is 4.05. The van der Waals surface area contributed by atoms with Crippen LogP contribution in [0.4, 0.5) is 15.6 Å². The van der Waals surface area contributed by atoms with Crippen LogP contribution in [0, 0.1) is 0 Å². The van der Waals surface area contributed by atoms with E-state index in [2.05, 4.69) is 30.4 Å². The van der Waals surface area contributed by atoms with Crippen molar-refractivity contribution >= 4 is 28.2 Å². The van der Waals surface area contributed by atoms with E-state index in [-0.39, 0.29) is 6.03 Å². The van der Waals surface area contributed by atoms with E-state index in [1.165, 1.54) is 11.3 Å². The van der Waals surface area contributed by atoms with Gasteiger partial charge < -0.3 is 15.1 Å². The molecule has 0 aromatic carbocycles. The largest absolute Gasteiger partial charge is 0.343 e. The van der Waals surface area contributed by atoms with E-state index in [9.17, 15) is 4.79 Å². The zero-order chi connectivity index (χ0) is 17.8. The molecule has 0 atom stereocenters. The van der Waals surface area contributed by atoms with Crippen molar-refractivity contribution in [3.63, 3.8) is 0 Å². The number of anilines is 2. The number of aromatic nitrogens is 4. The minimum atomic E-state index is -0.107. The SMILES string of the molecule is O=C(Nc1cccnc1)N1CCN(c2nnc(-c3ccccn3)s2)CC1. The van der Waals surface area contributed by atoms with Gasteiger partial charge in [0.05, 0.1) is 11.9 Å². The van der Waals surface area contributed by atoms with Crippen molar-refractivity contribution in [1.29, 1.82) is 0 Å². The number of hydrogen-bond donors (Lipinski definition) is 1. The highest BCUT2D eigenvalue weighted by atomic mass is 32.1. The lowest BCUT2D eigenvalue weighted by Gasteiger charge is -2.34. The van der Waals surface area contributed by atoms with Gasteiger partial charge in [0.25, 0.3) is 0 Å². The summed E-state index contributed by atoms with van der Waals surface area (Å²) in [6.07, 6.45) is 5.06. The lowest BCUT2D eigenvalue weighted by molar-refractivity contribution is 0.208. The molecule has 26 heavy (non-hydrogen) atoms.